The van der Waals surface area contributed by atoms with Crippen LogP contribution in [0.15, 0.2) is 48.5 Å². The maximum atomic E-state index is 6.14. The molecule has 0 bridgehead atoms. The molecule has 0 aliphatic rings. The van der Waals surface area contributed by atoms with Crippen LogP contribution in [0, 0.1) is 6.92 Å². The number of rotatable bonds is 4. The van der Waals surface area contributed by atoms with Crippen molar-refractivity contribution in [1.29, 1.82) is 0 Å². The molecule has 3 rings (SSSR count). The lowest BCUT2D eigenvalue weighted by Crippen LogP contribution is -2.10. The average molecular weight is 279 g/mol. The zero-order chi connectivity index (χ0) is 14.8. The molecule has 1 atom stereocenters. The number of nitrogens with two attached hydrogens (primary N) is 1. The first-order chi connectivity index (χ1) is 10.2. The van der Waals surface area contributed by atoms with Crippen molar-refractivity contribution in [2.24, 2.45) is 0 Å². The highest BCUT2D eigenvalue weighted by molar-refractivity contribution is 5.81. The molecule has 2 N–H and O–H groups in total. The van der Waals surface area contributed by atoms with E-state index < -0.39 is 0 Å². The third-order valence-electron chi connectivity index (χ3n) is 4.07. The summed E-state index contributed by atoms with van der Waals surface area (Å²) in [5.74, 6) is 0.611. The fourth-order valence-corrected chi connectivity index (χ4v) is 2.93. The van der Waals surface area contributed by atoms with E-state index >= 15 is 0 Å². The summed E-state index contributed by atoms with van der Waals surface area (Å²) in [5.41, 5.74) is 10.9. The summed E-state index contributed by atoms with van der Waals surface area (Å²) in [7, 11) is 0. The van der Waals surface area contributed by atoms with Crippen molar-refractivity contribution in [3.05, 3.63) is 59.7 Å². The first-order valence-electron chi connectivity index (χ1n) is 7.44. The Bertz CT molecular complexity index is 744. The van der Waals surface area contributed by atoms with Gasteiger partial charge in [-0.25, -0.2) is 4.98 Å². The van der Waals surface area contributed by atoms with E-state index in [1.165, 1.54) is 11.1 Å². The molecule has 3 heteroatoms. The van der Waals surface area contributed by atoms with Crippen molar-refractivity contribution in [1.82, 2.24) is 9.55 Å². The van der Waals surface area contributed by atoms with Gasteiger partial charge in [0.25, 0.3) is 0 Å². The van der Waals surface area contributed by atoms with Crippen molar-refractivity contribution in [2.45, 2.75) is 32.7 Å². The van der Waals surface area contributed by atoms with Crippen LogP contribution in [-0.2, 0) is 6.42 Å². The lowest BCUT2D eigenvalue weighted by atomic mass is 10.1. The van der Waals surface area contributed by atoms with Gasteiger partial charge >= 0.3 is 0 Å². The van der Waals surface area contributed by atoms with E-state index in [0.29, 0.717) is 12.0 Å². The topological polar surface area (TPSA) is 43.8 Å². The van der Waals surface area contributed by atoms with E-state index in [9.17, 15) is 0 Å². The largest absolute Gasteiger partial charge is 0.369 e. The van der Waals surface area contributed by atoms with Gasteiger partial charge in [-0.2, -0.15) is 0 Å². The molecule has 1 unspecified atom stereocenters. The Labute approximate surface area is 125 Å². The van der Waals surface area contributed by atoms with Crippen LogP contribution < -0.4 is 5.73 Å². The number of aryl methyl sites for hydroxylation is 2. The zero-order valence-corrected chi connectivity index (χ0v) is 12.6. The van der Waals surface area contributed by atoms with Crippen molar-refractivity contribution < 1.29 is 0 Å². The molecule has 1 heterocycles. The Hall–Kier alpha value is -2.29. The van der Waals surface area contributed by atoms with E-state index in [0.717, 1.165) is 23.9 Å². The quantitative estimate of drug-likeness (QED) is 0.780. The fraction of sp³-hybridized carbons (Fsp3) is 0.278. The second kappa shape index (κ2) is 5.60. The first kappa shape index (κ1) is 13.7. The summed E-state index contributed by atoms with van der Waals surface area (Å²) in [5, 5.41) is 0. The van der Waals surface area contributed by atoms with Gasteiger partial charge in [-0.1, -0.05) is 42.5 Å². The average Bonchev–Trinajstić information content (AvgIpc) is 2.83. The Balaban J connectivity index is 1.88. The Kier molecular flexibility index (Phi) is 3.65. The number of hydrogen-bond acceptors (Lipinski definition) is 2. The molecule has 108 valence electrons. The summed E-state index contributed by atoms with van der Waals surface area (Å²) in [6.07, 6.45) is 2.10. The number of benzene rings is 2. The molecule has 0 saturated heterocycles. The van der Waals surface area contributed by atoms with Crippen molar-refractivity contribution in [3.63, 3.8) is 0 Å². The van der Waals surface area contributed by atoms with Gasteiger partial charge in [0.1, 0.15) is 0 Å². The van der Waals surface area contributed by atoms with Gasteiger partial charge < -0.3 is 10.3 Å². The Morgan fingerprint density at radius 3 is 2.62 bits per heavy atom. The second-order valence-corrected chi connectivity index (χ2v) is 5.66. The molecule has 0 spiro atoms. The van der Waals surface area contributed by atoms with Gasteiger partial charge in [-0.05, 0) is 43.9 Å². The van der Waals surface area contributed by atoms with Gasteiger partial charge in [0.05, 0.1) is 11.0 Å². The molecule has 0 fully saturated rings. The third kappa shape index (κ3) is 2.64. The highest BCUT2D eigenvalue weighted by Crippen LogP contribution is 2.27. The first-order valence-corrected chi connectivity index (χ1v) is 7.44. The maximum Gasteiger partial charge on any atom is 0.201 e. The summed E-state index contributed by atoms with van der Waals surface area (Å²) in [4.78, 5) is 4.49. The zero-order valence-electron chi connectivity index (χ0n) is 12.6. The Morgan fingerprint density at radius 2 is 1.86 bits per heavy atom. The number of para-hydroxylation sites is 1. The van der Waals surface area contributed by atoms with Crippen LogP contribution in [0.25, 0.3) is 11.0 Å². The molecular formula is C18H21N3. The van der Waals surface area contributed by atoms with E-state index in [2.05, 4.69) is 59.8 Å². The standard InChI is InChI=1S/C18H21N3/c1-13-7-6-10-16-17(13)21(18(19)20-16)14(2)11-12-15-8-4-3-5-9-15/h3-10,14H,11-12H2,1-2H3,(H2,19,20). The van der Waals surface area contributed by atoms with Crippen molar-refractivity contribution >= 4 is 17.0 Å². The van der Waals surface area contributed by atoms with E-state index in [1.54, 1.807) is 0 Å². The normalized spacial score (nSPS) is 12.7. The highest BCUT2D eigenvalue weighted by atomic mass is 15.2. The van der Waals surface area contributed by atoms with Gasteiger partial charge in [0.2, 0.25) is 5.95 Å². The summed E-state index contributed by atoms with van der Waals surface area (Å²) in [6, 6.07) is 17.1. The highest BCUT2D eigenvalue weighted by Gasteiger charge is 2.15. The number of hydrogen-bond donors (Lipinski definition) is 1. The monoisotopic (exact) mass is 279 g/mol. The molecule has 0 radical (unpaired) electrons. The molecule has 2 aromatic carbocycles. The Morgan fingerprint density at radius 1 is 1.10 bits per heavy atom. The van der Waals surface area contributed by atoms with Gasteiger partial charge in [0, 0.05) is 6.04 Å². The number of imidazole rings is 1. The summed E-state index contributed by atoms with van der Waals surface area (Å²) >= 11 is 0. The van der Waals surface area contributed by atoms with Gasteiger partial charge in [-0.15, -0.1) is 0 Å². The van der Waals surface area contributed by atoms with Crippen LogP contribution in [0.1, 0.15) is 30.5 Å². The molecule has 0 aliphatic carbocycles. The molecule has 21 heavy (non-hydrogen) atoms. The maximum absolute atomic E-state index is 6.14. The molecule has 3 nitrogen and oxygen atoms in total. The molecule has 0 amide bonds. The predicted molar refractivity (Wildman–Crippen MR) is 88.4 cm³/mol. The minimum Gasteiger partial charge on any atom is -0.369 e. The minimum absolute atomic E-state index is 0.330. The van der Waals surface area contributed by atoms with E-state index in [-0.39, 0.29) is 0 Å². The van der Waals surface area contributed by atoms with Crippen molar-refractivity contribution in [2.75, 3.05) is 5.73 Å². The van der Waals surface area contributed by atoms with Crippen LogP contribution in [-0.4, -0.2) is 9.55 Å². The van der Waals surface area contributed by atoms with Crippen molar-refractivity contribution in [3.8, 4) is 0 Å². The molecule has 1 aromatic heterocycles. The summed E-state index contributed by atoms with van der Waals surface area (Å²) < 4.78 is 2.17. The second-order valence-electron chi connectivity index (χ2n) is 5.66. The fourth-order valence-electron chi connectivity index (χ4n) is 2.93. The molecule has 0 saturated carbocycles. The predicted octanol–water partition coefficient (Wildman–Crippen LogP) is 4.12. The van der Waals surface area contributed by atoms with Crippen LogP contribution in [0.4, 0.5) is 5.95 Å². The lowest BCUT2D eigenvalue weighted by molar-refractivity contribution is 0.525. The SMILES string of the molecule is Cc1cccc2nc(N)n(C(C)CCc3ccccc3)c12. The number of anilines is 1. The minimum atomic E-state index is 0.330. The van der Waals surface area contributed by atoms with Crippen LogP contribution in [0.2, 0.25) is 0 Å². The number of fused-ring (bicyclic) bond motifs is 1. The van der Waals surface area contributed by atoms with Crippen LogP contribution >= 0.6 is 0 Å². The summed E-state index contributed by atoms with van der Waals surface area (Å²) in [6.45, 7) is 4.33. The molecular weight excluding hydrogens is 258 g/mol. The number of nitrogen functional groups attached to an aromatic ring is 1. The van der Waals surface area contributed by atoms with Gasteiger partial charge in [0.15, 0.2) is 0 Å². The van der Waals surface area contributed by atoms with Gasteiger partial charge in [-0.3, -0.25) is 0 Å². The molecule has 3 aromatic rings. The smallest absolute Gasteiger partial charge is 0.201 e. The number of nitrogens with zero attached hydrogens (tertiary/aromatic N) is 2. The van der Waals surface area contributed by atoms with E-state index in [4.69, 9.17) is 5.73 Å². The lowest BCUT2D eigenvalue weighted by Gasteiger charge is -2.17. The third-order valence-corrected chi connectivity index (χ3v) is 4.07. The molecule has 0 aliphatic heterocycles. The van der Waals surface area contributed by atoms with Crippen LogP contribution in [0.3, 0.4) is 0 Å². The number of aromatic nitrogens is 2. The van der Waals surface area contributed by atoms with Crippen LogP contribution in [0.5, 0.6) is 0 Å². The van der Waals surface area contributed by atoms with E-state index in [1.807, 2.05) is 12.1 Å².